The third-order valence-electron chi connectivity index (χ3n) is 7.44. The number of benzene rings is 1. The van der Waals surface area contributed by atoms with E-state index in [1.165, 1.54) is 5.56 Å². The molecule has 1 aromatic rings. The van der Waals surface area contributed by atoms with Crippen LogP contribution in [0.25, 0.3) is 0 Å². The Balaban J connectivity index is 1.43. The van der Waals surface area contributed by atoms with Crippen LogP contribution in [0.1, 0.15) is 63.0 Å². The van der Waals surface area contributed by atoms with E-state index < -0.39 is 22.1 Å². The molecule has 0 spiro atoms. The first-order chi connectivity index (χ1) is 16.2. The SMILES string of the molecule is CCCCC[C@H]1CC[C@@H]2[C@H]3Cc4cccc(OCC(=O)NS(C)(=O)=O)c4C[C@H]3C[C@H]2OC(=O)O1. The van der Waals surface area contributed by atoms with Gasteiger partial charge in [0.1, 0.15) is 18.0 Å². The average Bonchev–Trinajstić information content (AvgIpc) is 3.07. The number of hydrogen-bond acceptors (Lipinski definition) is 7. The maximum Gasteiger partial charge on any atom is 0.508 e. The van der Waals surface area contributed by atoms with E-state index in [-0.39, 0.29) is 18.8 Å². The number of carbonyl (C=O) groups excluding carboxylic acids is 2. The first-order valence-electron chi connectivity index (χ1n) is 12.3. The smallest absolute Gasteiger partial charge is 0.483 e. The summed E-state index contributed by atoms with van der Waals surface area (Å²) >= 11 is 0. The van der Waals surface area contributed by atoms with Crippen molar-refractivity contribution < 1.29 is 32.2 Å². The number of nitrogens with one attached hydrogen (secondary N) is 1. The van der Waals surface area contributed by atoms with Crippen LogP contribution in [0.4, 0.5) is 4.79 Å². The molecule has 0 aromatic heterocycles. The predicted molar refractivity (Wildman–Crippen MR) is 126 cm³/mol. The van der Waals surface area contributed by atoms with Crippen LogP contribution in [0.5, 0.6) is 5.75 Å². The third kappa shape index (κ3) is 6.03. The maximum atomic E-state index is 12.4. The van der Waals surface area contributed by atoms with Crippen LogP contribution in [-0.4, -0.2) is 45.6 Å². The van der Waals surface area contributed by atoms with Gasteiger partial charge in [0.05, 0.1) is 6.26 Å². The molecule has 34 heavy (non-hydrogen) atoms. The molecule has 1 heterocycles. The number of carbonyl (C=O) groups is 2. The Bertz CT molecular complexity index is 1010. The summed E-state index contributed by atoms with van der Waals surface area (Å²) in [5, 5.41) is 0. The molecule has 1 saturated heterocycles. The van der Waals surface area contributed by atoms with Gasteiger partial charge in [0.25, 0.3) is 5.91 Å². The van der Waals surface area contributed by atoms with Crippen molar-refractivity contribution in [3.8, 4) is 5.75 Å². The summed E-state index contributed by atoms with van der Waals surface area (Å²) in [6, 6.07) is 5.82. The lowest BCUT2D eigenvalue weighted by Gasteiger charge is -2.34. The van der Waals surface area contributed by atoms with Crippen molar-refractivity contribution in [1.82, 2.24) is 4.72 Å². The van der Waals surface area contributed by atoms with E-state index in [1.54, 1.807) is 0 Å². The minimum atomic E-state index is -3.62. The summed E-state index contributed by atoms with van der Waals surface area (Å²) in [5.41, 5.74) is 2.25. The Hall–Kier alpha value is -2.29. The molecular formula is C25H35NO7S. The van der Waals surface area contributed by atoms with Crippen molar-refractivity contribution >= 4 is 22.1 Å². The van der Waals surface area contributed by atoms with E-state index in [2.05, 4.69) is 13.0 Å². The second-order valence-electron chi connectivity index (χ2n) is 9.93. The number of hydrogen-bond donors (Lipinski definition) is 1. The molecule has 0 bridgehead atoms. The summed E-state index contributed by atoms with van der Waals surface area (Å²) in [6.45, 7) is 1.80. The Morgan fingerprint density at radius 2 is 1.97 bits per heavy atom. The summed E-state index contributed by atoms with van der Waals surface area (Å²) in [7, 11) is -3.62. The van der Waals surface area contributed by atoms with Crippen molar-refractivity contribution in [2.45, 2.75) is 76.9 Å². The zero-order valence-electron chi connectivity index (χ0n) is 20.0. The molecule has 4 rings (SSSR count). The van der Waals surface area contributed by atoms with Crippen LogP contribution in [0.15, 0.2) is 18.2 Å². The molecule has 1 aliphatic heterocycles. The van der Waals surface area contributed by atoms with Gasteiger partial charge in [0.15, 0.2) is 6.61 Å². The second-order valence-corrected chi connectivity index (χ2v) is 11.7. The second kappa shape index (κ2) is 10.5. The normalized spacial score (nSPS) is 28.3. The van der Waals surface area contributed by atoms with Gasteiger partial charge in [-0.25, -0.2) is 13.2 Å². The fourth-order valence-electron chi connectivity index (χ4n) is 5.98. The van der Waals surface area contributed by atoms with Gasteiger partial charge in [-0.05, 0) is 79.9 Å². The third-order valence-corrected chi connectivity index (χ3v) is 8.04. The average molecular weight is 494 g/mol. The highest BCUT2D eigenvalue weighted by Crippen LogP contribution is 2.50. The Morgan fingerprint density at radius 3 is 2.74 bits per heavy atom. The Kier molecular flexibility index (Phi) is 7.70. The van der Waals surface area contributed by atoms with Crippen LogP contribution in [0.3, 0.4) is 0 Å². The van der Waals surface area contributed by atoms with E-state index in [1.807, 2.05) is 16.9 Å². The minimum absolute atomic E-state index is 0.0620. The fraction of sp³-hybridized carbons (Fsp3) is 0.680. The lowest BCUT2D eigenvalue weighted by molar-refractivity contribution is -0.121. The number of amides is 1. The van der Waals surface area contributed by atoms with Crippen molar-refractivity contribution in [3.63, 3.8) is 0 Å². The van der Waals surface area contributed by atoms with E-state index in [4.69, 9.17) is 14.2 Å². The van der Waals surface area contributed by atoms with Gasteiger partial charge < -0.3 is 14.2 Å². The zero-order chi connectivity index (χ0) is 24.3. The van der Waals surface area contributed by atoms with Crippen molar-refractivity contribution in [3.05, 3.63) is 29.3 Å². The number of fused-ring (bicyclic) bond motifs is 4. The molecule has 0 radical (unpaired) electrons. The van der Waals surface area contributed by atoms with Crippen molar-refractivity contribution in [1.29, 1.82) is 0 Å². The van der Waals surface area contributed by atoms with E-state index in [0.29, 0.717) is 23.5 Å². The van der Waals surface area contributed by atoms with Gasteiger partial charge in [0.2, 0.25) is 10.0 Å². The summed E-state index contributed by atoms with van der Waals surface area (Å²) < 4.78 is 41.6. The predicted octanol–water partition coefficient (Wildman–Crippen LogP) is 3.76. The lowest BCUT2D eigenvalue weighted by Crippen LogP contribution is -2.34. The van der Waals surface area contributed by atoms with Crippen molar-refractivity contribution in [2.75, 3.05) is 12.9 Å². The molecule has 8 nitrogen and oxygen atoms in total. The van der Waals surface area contributed by atoms with Gasteiger partial charge in [-0.2, -0.15) is 0 Å². The van der Waals surface area contributed by atoms with Gasteiger partial charge in [-0.15, -0.1) is 0 Å². The van der Waals surface area contributed by atoms with Gasteiger partial charge in [-0.1, -0.05) is 31.9 Å². The number of unbranched alkanes of at least 4 members (excludes halogenated alkanes) is 2. The standard InChI is InChI=1S/C25H35NO7S/c1-3-4-5-8-18-10-11-19-20-12-16-7-6-9-22(31-15-24(27)26-34(2,29)30)21(16)13-17(20)14-23(19)33-25(28)32-18/h6-7,9,17-20,23H,3-5,8,10-15H2,1-2H3,(H,26,27)/t17-,18-,19+,20-,23+/m0/s1. The van der Waals surface area contributed by atoms with Gasteiger partial charge >= 0.3 is 6.16 Å². The molecule has 1 amide bonds. The minimum Gasteiger partial charge on any atom is -0.483 e. The summed E-state index contributed by atoms with van der Waals surface area (Å²) in [4.78, 5) is 24.3. The van der Waals surface area contributed by atoms with Crippen LogP contribution in [0.2, 0.25) is 0 Å². The lowest BCUT2D eigenvalue weighted by atomic mass is 9.73. The maximum absolute atomic E-state index is 12.4. The molecular weight excluding hydrogens is 458 g/mol. The van der Waals surface area contributed by atoms with Gasteiger partial charge in [-0.3, -0.25) is 9.52 Å². The molecule has 3 aliphatic rings. The Morgan fingerprint density at radius 1 is 1.15 bits per heavy atom. The highest BCUT2D eigenvalue weighted by Gasteiger charge is 2.48. The van der Waals surface area contributed by atoms with Gasteiger partial charge in [0, 0.05) is 0 Å². The molecule has 5 atom stereocenters. The summed E-state index contributed by atoms with van der Waals surface area (Å²) in [6.07, 6.45) is 8.79. The van der Waals surface area contributed by atoms with Crippen LogP contribution in [0, 0.1) is 17.8 Å². The largest absolute Gasteiger partial charge is 0.508 e. The van der Waals surface area contributed by atoms with E-state index in [9.17, 15) is 18.0 Å². The molecule has 1 aromatic carbocycles. The fourth-order valence-corrected chi connectivity index (χ4v) is 6.45. The molecule has 1 saturated carbocycles. The number of cyclic esters (lactones) is 1. The quantitative estimate of drug-likeness (QED) is 0.434. The highest BCUT2D eigenvalue weighted by atomic mass is 32.2. The topological polar surface area (TPSA) is 108 Å². The molecule has 2 aliphatic carbocycles. The molecule has 9 heteroatoms. The Labute approximate surface area is 201 Å². The number of sulfonamides is 1. The highest BCUT2D eigenvalue weighted by molar-refractivity contribution is 7.89. The van der Waals surface area contributed by atoms with E-state index >= 15 is 0 Å². The monoisotopic (exact) mass is 493 g/mol. The molecule has 0 unspecified atom stereocenters. The van der Waals surface area contributed by atoms with Crippen LogP contribution >= 0.6 is 0 Å². The van der Waals surface area contributed by atoms with Crippen LogP contribution in [-0.2, 0) is 37.1 Å². The zero-order valence-corrected chi connectivity index (χ0v) is 20.8. The first kappa shape index (κ1) is 24.8. The molecule has 2 fully saturated rings. The molecule has 1 N–H and O–H groups in total. The van der Waals surface area contributed by atoms with Crippen LogP contribution < -0.4 is 9.46 Å². The summed E-state index contributed by atoms with van der Waals surface area (Å²) in [5.74, 6) is 1.03. The van der Waals surface area contributed by atoms with Crippen molar-refractivity contribution in [2.24, 2.45) is 17.8 Å². The number of rotatable bonds is 8. The molecule has 188 valence electrons. The van der Waals surface area contributed by atoms with E-state index in [0.717, 1.165) is 69.6 Å². The number of ether oxygens (including phenoxy) is 3. The first-order valence-corrected chi connectivity index (χ1v) is 14.2.